The Hall–Kier alpha value is -4.84. The van der Waals surface area contributed by atoms with Crippen LogP contribution in [-0.2, 0) is 44.7 Å². The van der Waals surface area contributed by atoms with Crippen LogP contribution in [-0.4, -0.2) is 49.7 Å². The molecule has 6 heteroatoms. The van der Waals surface area contributed by atoms with Gasteiger partial charge in [0.2, 0.25) is 0 Å². The standard InChI is InChI=1S/C56H76N2O4/c1-43(2)51-31-27-49(28-32-51)37-45(5)41-57-53(39-47-23-17-15-18-24-47)55(59)61-35-21-13-11-9-7-8-10-12-14-22-36-62-56(60)54(40-48-25-19-16-20-26-48)58-42-46(6)38-50-29-33-52(34-30-50)44(3)4/h15-20,23-34,41-46,53-54H,7-14,21-22,35-40H2,1-6H3/b57-41-,58-42+. The van der Waals surface area contributed by atoms with Gasteiger partial charge in [-0.3, -0.25) is 9.98 Å². The van der Waals surface area contributed by atoms with E-state index >= 15 is 0 Å². The van der Waals surface area contributed by atoms with Crippen molar-refractivity contribution in [2.24, 2.45) is 21.8 Å². The van der Waals surface area contributed by atoms with Crippen LogP contribution in [0.1, 0.15) is 151 Å². The van der Waals surface area contributed by atoms with Crippen molar-refractivity contribution in [1.29, 1.82) is 0 Å². The van der Waals surface area contributed by atoms with Crippen LogP contribution >= 0.6 is 0 Å². The van der Waals surface area contributed by atoms with Crippen molar-refractivity contribution in [2.75, 3.05) is 13.2 Å². The van der Waals surface area contributed by atoms with Crippen LogP contribution in [0.15, 0.2) is 119 Å². The van der Waals surface area contributed by atoms with Gasteiger partial charge in [0, 0.05) is 25.3 Å². The Balaban J connectivity index is 1.07. The summed E-state index contributed by atoms with van der Waals surface area (Å²) in [6.07, 6.45) is 17.7. The van der Waals surface area contributed by atoms with E-state index in [0.29, 0.717) is 37.9 Å². The molecular weight excluding hydrogens is 765 g/mol. The lowest BCUT2D eigenvalue weighted by atomic mass is 9.97. The van der Waals surface area contributed by atoms with E-state index in [2.05, 4.69) is 90.1 Å². The van der Waals surface area contributed by atoms with Gasteiger partial charge < -0.3 is 9.47 Å². The first-order valence-corrected chi connectivity index (χ1v) is 23.7. The predicted octanol–water partition coefficient (Wildman–Crippen LogP) is 13.3. The van der Waals surface area contributed by atoms with Crippen LogP contribution in [0.3, 0.4) is 0 Å². The molecule has 6 nitrogen and oxygen atoms in total. The minimum Gasteiger partial charge on any atom is -0.464 e. The minimum absolute atomic E-state index is 0.212. The molecule has 4 aromatic rings. The molecule has 0 aliphatic heterocycles. The lowest BCUT2D eigenvalue weighted by Crippen LogP contribution is -2.25. The molecule has 0 spiro atoms. The number of aliphatic imine (C=N–C) groups is 2. The zero-order chi connectivity index (χ0) is 44.4. The number of hydrogen-bond donors (Lipinski definition) is 0. The smallest absolute Gasteiger partial charge is 0.331 e. The fourth-order valence-electron chi connectivity index (χ4n) is 7.65. The van der Waals surface area contributed by atoms with E-state index in [1.54, 1.807) is 0 Å². The molecule has 0 aliphatic carbocycles. The fraction of sp³-hybridized carbons (Fsp3) is 0.500. The van der Waals surface area contributed by atoms with Gasteiger partial charge in [-0.05, 0) is 82.7 Å². The van der Waals surface area contributed by atoms with Gasteiger partial charge in [-0.25, -0.2) is 9.59 Å². The molecule has 62 heavy (non-hydrogen) atoms. The number of nitrogens with zero attached hydrogens (tertiary/aromatic N) is 2. The van der Waals surface area contributed by atoms with E-state index in [0.717, 1.165) is 62.5 Å². The molecule has 0 fully saturated rings. The monoisotopic (exact) mass is 841 g/mol. The first-order valence-electron chi connectivity index (χ1n) is 23.7. The second-order valence-electron chi connectivity index (χ2n) is 18.0. The summed E-state index contributed by atoms with van der Waals surface area (Å²) in [5.74, 6) is 0.982. The molecule has 0 heterocycles. The van der Waals surface area contributed by atoms with Crippen LogP contribution in [0.25, 0.3) is 0 Å². The maximum Gasteiger partial charge on any atom is 0.331 e. The molecule has 4 atom stereocenters. The fourth-order valence-corrected chi connectivity index (χ4v) is 7.65. The maximum atomic E-state index is 13.2. The summed E-state index contributed by atoms with van der Waals surface area (Å²) >= 11 is 0. The Morgan fingerprint density at radius 2 is 0.726 bits per heavy atom. The third-order valence-electron chi connectivity index (χ3n) is 11.6. The Morgan fingerprint density at radius 3 is 1.05 bits per heavy atom. The average molecular weight is 841 g/mol. The summed E-state index contributed by atoms with van der Waals surface area (Å²) in [4.78, 5) is 36.0. The second-order valence-corrected chi connectivity index (χ2v) is 18.0. The zero-order valence-corrected chi connectivity index (χ0v) is 38.9. The molecule has 4 rings (SSSR count). The maximum absolute atomic E-state index is 13.2. The zero-order valence-electron chi connectivity index (χ0n) is 38.9. The van der Waals surface area contributed by atoms with Gasteiger partial charge in [-0.15, -0.1) is 0 Å². The van der Waals surface area contributed by atoms with Crippen molar-refractivity contribution >= 4 is 24.4 Å². The van der Waals surface area contributed by atoms with E-state index in [1.807, 2.05) is 73.1 Å². The van der Waals surface area contributed by atoms with Crippen molar-refractivity contribution in [3.63, 3.8) is 0 Å². The van der Waals surface area contributed by atoms with Crippen molar-refractivity contribution in [3.8, 4) is 0 Å². The number of rotatable bonds is 29. The first kappa shape index (κ1) is 49.8. The molecule has 0 aromatic heterocycles. The number of ether oxygens (including phenoxy) is 2. The van der Waals surface area contributed by atoms with Crippen molar-refractivity contribution in [3.05, 3.63) is 143 Å². The molecular formula is C56H76N2O4. The summed E-state index contributed by atoms with van der Waals surface area (Å²) in [5.41, 5.74) is 7.42. The van der Waals surface area contributed by atoms with Crippen molar-refractivity contribution in [2.45, 2.75) is 155 Å². The van der Waals surface area contributed by atoms with Crippen LogP contribution in [0.5, 0.6) is 0 Å². The SMILES string of the molecule is CC(/C=N\C(Cc1ccccc1)C(=O)OCCCCCCCCCCCCOC(=O)C(Cc1ccccc1)/N=C/C(C)Cc1ccc(C(C)C)cc1)Cc1ccc(C(C)C)cc1. The lowest BCUT2D eigenvalue weighted by Gasteiger charge is -2.14. The van der Waals surface area contributed by atoms with Gasteiger partial charge in [0.1, 0.15) is 0 Å². The predicted molar refractivity (Wildman–Crippen MR) is 260 cm³/mol. The second kappa shape index (κ2) is 28.7. The molecule has 0 N–H and O–H groups in total. The third-order valence-corrected chi connectivity index (χ3v) is 11.6. The lowest BCUT2D eigenvalue weighted by molar-refractivity contribution is -0.146. The normalized spacial score (nSPS) is 13.7. The van der Waals surface area contributed by atoms with Crippen LogP contribution in [0.4, 0.5) is 0 Å². The molecule has 4 aromatic carbocycles. The molecule has 4 unspecified atom stereocenters. The van der Waals surface area contributed by atoms with Crippen molar-refractivity contribution < 1.29 is 19.1 Å². The van der Waals surface area contributed by atoms with E-state index in [1.165, 1.54) is 47.9 Å². The topological polar surface area (TPSA) is 77.3 Å². The molecule has 334 valence electrons. The Labute approximate surface area is 375 Å². The molecule has 0 radical (unpaired) electrons. The Bertz CT molecular complexity index is 1730. The minimum atomic E-state index is -0.538. The highest BCUT2D eigenvalue weighted by Gasteiger charge is 2.21. The van der Waals surface area contributed by atoms with Gasteiger partial charge >= 0.3 is 11.9 Å². The molecule has 0 amide bonds. The summed E-state index contributed by atoms with van der Waals surface area (Å²) in [6.45, 7) is 14.0. The summed E-state index contributed by atoms with van der Waals surface area (Å²) < 4.78 is 11.5. The molecule has 0 bridgehead atoms. The van der Waals surface area contributed by atoms with E-state index in [-0.39, 0.29) is 23.8 Å². The number of hydrogen-bond acceptors (Lipinski definition) is 6. The van der Waals surface area contributed by atoms with Crippen LogP contribution in [0.2, 0.25) is 0 Å². The van der Waals surface area contributed by atoms with Gasteiger partial charge in [0.15, 0.2) is 12.1 Å². The summed E-state index contributed by atoms with van der Waals surface area (Å²) in [6, 6.07) is 36.7. The quantitative estimate of drug-likeness (QED) is 0.0310. The first-order chi connectivity index (χ1) is 30.1. The number of carbonyl (C=O) groups is 2. The number of esters is 2. The highest BCUT2D eigenvalue weighted by Crippen LogP contribution is 2.19. The number of unbranched alkanes of at least 4 members (excludes halogenated alkanes) is 9. The van der Waals surface area contributed by atoms with Gasteiger partial charge in [0.25, 0.3) is 0 Å². The van der Waals surface area contributed by atoms with Crippen LogP contribution in [0, 0.1) is 11.8 Å². The van der Waals surface area contributed by atoms with E-state index in [9.17, 15) is 9.59 Å². The van der Waals surface area contributed by atoms with E-state index < -0.39 is 12.1 Å². The average Bonchev–Trinajstić information content (AvgIpc) is 3.27. The third kappa shape index (κ3) is 19.9. The largest absolute Gasteiger partial charge is 0.464 e. The highest BCUT2D eigenvalue weighted by atomic mass is 16.5. The molecule has 0 aliphatic rings. The van der Waals surface area contributed by atoms with Crippen LogP contribution < -0.4 is 0 Å². The Morgan fingerprint density at radius 1 is 0.419 bits per heavy atom. The number of carbonyl (C=O) groups excluding carboxylic acids is 2. The Kier molecular flexibility index (Phi) is 23.1. The van der Waals surface area contributed by atoms with Gasteiger partial charge in [-0.1, -0.05) is 202 Å². The highest BCUT2D eigenvalue weighted by molar-refractivity contribution is 5.79. The van der Waals surface area contributed by atoms with E-state index in [4.69, 9.17) is 19.5 Å². The number of benzene rings is 4. The molecule has 0 saturated heterocycles. The van der Waals surface area contributed by atoms with Gasteiger partial charge in [-0.2, -0.15) is 0 Å². The summed E-state index contributed by atoms with van der Waals surface area (Å²) in [5, 5.41) is 0. The van der Waals surface area contributed by atoms with Crippen molar-refractivity contribution in [1.82, 2.24) is 0 Å². The molecule has 0 saturated carbocycles. The summed E-state index contributed by atoms with van der Waals surface area (Å²) in [7, 11) is 0. The van der Waals surface area contributed by atoms with Gasteiger partial charge in [0.05, 0.1) is 13.2 Å².